The summed E-state index contributed by atoms with van der Waals surface area (Å²) in [6.07, 6.45) is -15.4. The van der Waals surface area contributed by atoms with Crippen molar-refractivity contribution in [3.05, 3.63) is 53.6 Å². The lowest BCUT2D eigenvalue weighted by molar-refractivity contribution is -0.299. The minimum atomic E-state index is -5.70. The zero-order valence-electron chi connectivity index (χ0n) is 13.5. The first-order chi connectivity index (χ1) is 12.8. The van der Waals surface area contributed by atoms with Crippen molar-refractivity contribution in [3.8, 4) is 16.9 Å². The maximum atomic E-state index is 12.6. The fourth-order valence-corrected chi connectivity index (χ4v) is 2.29. The van der Waals surface area contributed by atoms with Crippen LogP contribution in [0.2, 0.25) is 0 Å². The molecule has 0 aliphatic carbocycles. The monoisotopic (exact) mass is 408 g/mol. The lowest BCUT2D eigenvalue weighted by Crippen LogP contribution is -2.46. The van der Waals surface area contributed by atoms with E-state index < -0.39 is 47.3 Å². The van der Waals surface area contributed by atoms with Crippen LogP contribution >= 0.6 is 0 Å². The van der Waals surface area contributed by atoms with Gasteiger partial charge in [0.15, 0.2) is 0 Å². The van der Waals surface area contributed by atoms with Crippen LogP contribution in [0.1, 0.15) is 20.7 Å². The van der Waals surface area contributed by atoms with Crippen molar-refractivity contribution in [3.63, 3.8) is 0 Å². The number of benzene rings is 2. The summed E-state index contributed by atoms with van der Waals surface area (Å²) in [7, 11) is 0. The highest BCUT2D eigenvalue weighted by Gasteiger charge is 2.59. The van der Waals surface area contributed by atoms with Gasteiger partial charge >= 0.3 is 24.3 Å². The van der Waals surface area contributed by atoms with Crippen molar-refractivity contribution in [2.45, 2.75) is 18.5 Å². The number of halogens is 6. The van der Waals surface area contributed by atoms with Gasteiger partial charge in [0.05, 0.1) is 11.1 Å². The van der Waals surface area contributed by atoms with E-state index in [9.17, 15) is 35.9 Å². The van der Waals surface area contributed by atoms with Gasteiger partial charge in [0.1, 0.15) is 5.75 Å². The molecular weight excluding hydrogens is 398 g/mol. The lowest BCUT2D eigenvalue weighted by Gasteiger charge is -2.24. The van der Waals surface area contributed by atoms with Gasteiger partial charge in [-0.05, 0) is 35.4 Å². The summed E-state index contributed by atoms with van der Waals surface area (Å²) >= 11 is 0. The highest BCUT2D eigenvalue weighted by molar-refractivity contribution is 6.02. The molecule has 0 aliphatic rings. The van der Waals surface area contributed by atoms with Crippen molar-refractivity contribution >= 4 is 11.9 Å². The standard InChI is InChI=1S/C17H10F6O5/c18-16(19,20)15(17(21,22)23)28-10-3-1-2-8(6-10)9-4-5-11(13(24)25)12(7-9)14(26)27/h1-7,15H,(H,24,25)(H,26,27). The third kappa shape index (κ3) is 4.72. The van der Waals surface area contributed by atoms with Gasteiger partial charge in [-0.1, -0.05) is 18.2 Å². The zero-order valence-corrected chi connectivity index (χ0v) is 13.5. The normalized spacial score (nSPS) is 12.1. The van der Waals surface area contributed by atoms with Crippen LogP contribution < -0.4 is 4.74 Å². The number of aromatic carboxylic acids is 2. The molecule has 11 heteroatoms. The zero-order chi connectivity index (χ0) is 21.3. The van der Waals surface area contributed by atoms with Crippen LogP contribution in [0.3, 0.4) is 0 Å². The third-order valence-corrected chi connectivity index (χ3v) is 3.50. The molecule has 2 aromatic carbocycles. The maximum absolute atomic E-state index is 12.6. The van der Waals surface area contributed by atoms with Gasteiger partial charge in [-0.2, -0.15) is 26.3 Å². The molecule has 2 N–H and O–H groups in total. The molecule has 2 aromatic rings. The van der Waals surface area contributed by atoms with Crippen LogP contribution in [0.4, 0.5) is 26.3 Å². The van der Waals surface area contributed by atoms with Crippen LogP contribution in [-0.4, -0.2) is 40.6 Å². The van der Waals surface area contributed by atoms with Gasteiger partial charge in [-0.15, -0.1) is 0 Å². The molecule has 0 amide bonds. The number of alkyl halides is 6. The van der Waals surface area contributed by atoms with Gasteiger partial charge in [0.25, 0.3) is 6.10 Å². The summed E-state index contributed by atoms with van der Waals surface area (Å²) in [6, 6.07) is 7.19. The number of carboxylic acids is 2. The molecule has 0 saturated heterocycles. The first-order valence-corrected chi connectivity index (χ1v) is 7.32. The maximum Gasteiger partial charge on any atom is 0.434 e. The van der Waals surface area contributed by atoms with E-state index in [2.05, 4.69) is 4.74 Å². The van der Waals surface area contributed by atoms with E-state index in [1.165, 1.54) is 12.1 Å². The molecule has 0 aliphatic heterocycles. The molecule has 0 unspecified atom stereocenters. The molecule has 150 valence electrons. The fraction of sp³-hybridized carbons (Fsp3) is 0.176. The Morgan fingerprint density at radius 2 is 1.32 bits per heavy atom. The fourth-order valence-electron chi connectivity index (χ4n) is 2.29. The molecule has 0 heterocycles. The Balaban J connectivity index is 2.44. The average Bonchev–Trinajstić information content (AvgIpc) is 2.57. The van der Waals surface area contributed by atoms with Crippen molar-refractivity contribution in [1.29, 1.82) is 0 Å². The topological polar surface area (TPSA) is 83.8 Å². The van der Waals surface area contributed by atoms with Crippen molar-refractivity contribution in [1.82, 2.24) is 0 Å². The van der Waals surface area contributed by atoms with Crippen LogP contribution in [0.5, 0.6) is 5.75 Å². The van der Waals surface area contributed by atoms with E-state index in [1.807, 2.05) is 0 Å². The first-order valence-electron chi connectivity index (χ1n) is 7.32. The van der Waals surface area contributed by atoms with E-state index in [0.717, 1.165) is 30.3 Å². The molecule has 2 rings (SSSR count). The summed E-state index contributed by atoms with van der Waals surface area (Å²) in [5.74, 6) is -3.84. The highest BCUT2D eigenvalue weighted by atomic mass is 19.4. The lowest BCUT2D eigenvalue weighted by atomic mass is 9.99. The van der Waals surface area contributed by atoms with E-state index in [4.69, 9.17) is 10.2 Å². The van der Waals surface area contributed by atoms with E-state index in [-0.39, 0.29) is 11.1 Å². The number of ether oxygens (including phenoxy) is 1. The third-order valence-electron chi connectivity index (χ3n) is 3.50. The predicted octanol–water partition coefficient (Wildman–Crippen LogP) is 4.62. The SMILES string of the molecule is O=C(O)c1ccc(-c2cccc(OC(C(F)(F)F)C(F)(F)F)c2)cc1C(=O)O. The Kier molecular flexibility index (Phi) is 5.57. The quantitative estimate of drug-likeness (QED) is 0.706. The second-order valence-corrected chi connectivity index (χ2v) is 5.48. The molecule has 28 heavy (non-hydrogen) atoms. The summed E-state index contributed by atoms with van der Waals surface area (Å²) in [5, 5.41) is 18.1. The Hall–Kier alpha value is -3.24. The molecule has 0 bridgehead atoms. The summed E-state index contributed by atoms with van der Waals surface area (Å²) in [6.45, 7) is 0. The summed E-state index contributed by atoms with van der Waals surface area (Å²) in [5.41, 5.74) is -1.04. The van der Waals surface area contributed by atoms with Gasteiger partial charge in [0.2, 0.25) is 0 Å². The molecular formula is C17H10F6O5. The molecule has 0 aromatic heterocycles. The van der Waals surface area contributed by atoms with Gasteiger partial charge in [-0.25, -0.2) is 9.59 Å². The minimum Gasteiger partial charge on any atom is -0.478 e. The van der Waals surface area contributed by atoms with Gasteiger partial charge < -0.3 is 14.9 Å². The van der Waals surface area contributed by atoms with E-state index in [0.29, 0.717) is 0 Å². The van der Waals surface area contributed by atoms with E-state index in [1.54, 1.807) is 0 Å². The number of rotatable bonds is 5. The number of hydrogen-bond acceptors (Lipinski definition) is 3. The Morgan fingerprint density at radius 3 is 1.82 bits per heavy atom. The van der Waals surface area contributed by atoms with Crippen molar-refractivity contribution in [2.24, 2.45) is 0 Å². The van der Waals surface area contributed by atoms with Crippen molar-refractivity contribution < 1.29 is 50.9 Å². The summed E-state index contributed by atoms with van der Waals surface area (Å²) < 4.78 is 79.8. The van der Waals surface area contributed by atoms with E-state index >= 15 is 0 Å². The number of hydrogen-bond donors (Lipinski definition) is 2. The molecule has 0 fully saturated rings. The Morgan fingerprint density at radius 1 is 0.786 bits per heavy atom. The largest absolute Gasteiger partial charge is 0.478 e. The van der Waals surface area contributed by atoms with Gasteiger partial charge in [-0.3, -0.25) is 0 Å². The molecule has 0 spiro atoms. The van der Waals surface area contributed by atoms with Crippen LogP contribution in [0.15, 0.2) is 42.5 Å². The number of carboxylic acid groups (broad SMARTS) is 2. The summed E-state index contributed by atoms with van der Waals surface area (Å²) in [4.78, 5) is 22.2. The first kappa shape index (κ1) is 21.1. The van der Waals surface area contributed by atoms with Crippen LogP contribution in [0, 0.1) is 0 Å². The average molecular weight is 408 g/mol. The predicted molar refractivity (Wildman–Crippen MR) is 82.3 cm³/mol. The molecule has 0 radical (unpaired) electrons. The number of carbonyl (C=O) groups is 2. The Bertz CT molecular complexity index is 890. The minimum absolute atomic E-state index is 0.0278. The molecule has 0 saturated carbocycles. The van der Waals surface area contributed by atoms with Crippen molar-refractivity contribution in [2.75, 3.05) is 0 Å². The highest BCUT2D eigenvalue weighted by Crippen LogP contribution is 2.37. The Labute approximate surface area is 152 Å². The van der Waals surface area contributed by atoms with Gasteiger partial charge in [0, 0.05) is 0 Å². The van der Waals surface area contributed by atoms with Crippen LogP contribution in [0.25, 0.3) is 11.1 Å². The second kappa shape index (κ2) is 7.41. The second-order valence-electron chi connectivity index (χ2n) is 5.48. The molecule has 5 nitrogen and oxygen atoms in total. The molecule has 0 atom stereocenters. The van der Waals surface area contributed by atoms with Crippen LogP contribution in [-0.2, 0) is 0 Å². The smallest absolute Gasteiger partial charge is 0.434 e.